The molecule has 1 aromatic rings. The molecule has 102 valence electrons. The van der Waals surface area contributed by atoms with Crippen LogP contribution in [-0.2, 0) is 16.6 Å². The van der Waals surface area contributed by atoms with Crippen LogP contribution in [0.15, 0.2) is 21.6 Å². The summed E-state index contributed by atoms with van der Waals surface area (Å²) in [4.78, 5) is 0. The highest BCUT2D eigenvalue weighted by molar-refractivity contribution is 7.89. The first-order valence-electron chi connectivity index (χ1n) is 6.40. The number of nitrogens with zero attached hydrogens (tertiary/aromatic N) is 1. The van der Waals surface area contributed by atoms with Crippen LogP contribution < -0.4 is 5.32 Å². The SMILES string of the molecule is CCN(CC)S(=O)(=O)c1ccc(CNC2CC2)o1. The minimum Gasteiger partial charge on any atom is -0.447 e. The second-order valence-corrected chi connectivity index (χ2v) is 6.33. The molecule has 0 aromatic carbocycles. The van der Waals surface area contributed by atoms with E-state index in [-0.39, 0.29) is 5.09 Å². The molecule has 2 rings (SSSR count). The van der Waals surface area contributed by atoms with Crippen molar-refractivity contribution in [1.29, 1.82) is 0 Å². The summed E-state index contributed by atoms with van der Waals surface area (Å²) >= 11 is 0. The lowest BCUT2D eigenvalue weighted by atomic mass is 10.4. The average Bonchev–Trinajstić information content (AvgIpc) is 3.04. The van der Waals surface area contributed by atoms with Crippen molar-refractivity contribution in [3.63, 3.8) is 0 Å². The Labute approximate surface area is 108 Å². The lowest BCUT2D eigenvalue weighted by molar-refractivity contribution is 0.373. The quantitative estimate of drug-likeness (QED) is 0.818. The van der Waals surface area contributed by atoms with Crippen molar-refractivity contribution in [3.8, 4) is 0 Å². The number of hydrogen-bond acceptors (Lipinski definition) is 4. The maximum absolute atomic E-state index is 12.2. The summed E-state index contributed by atoms with van der Waals surface area (Å²) in [5.41, 5.74) is 0. The van der Waals surface area contributed by atoms with E-state index in [2.05, 4.69) is 5.32 Å². The summed E-state index contributed by atoms with van der Waals surface area (Å²) in [5, 5.41) is 3.33. The third-order valence-electron chi connectivity index (χ3n) is 3.08. The molecule has 18 heavy (non-hydrogen) atoms. The highest BCUT2D eigenvalue weighted by atomic mass is 32.2. The topological polar surface area (TPSA) is 62.6 Å². The molecule has 1 saturated carbocycles. The summed E-state index contributed by atoms with van der Waals surface area (Å²) in [5.74, 6) is 0.674. The van der Waals surface area contributed by atoms with Gasteiger partial charge in [0.05, 0.1) is 6.54 Å². The third-order valence-corrected chi connectivity index (χ3v) is 5.00. The van der Waals surface area contributed by atoms with Gasteiger partial charge in [-0.1, -0.05) is 13.8 Å². The Morgan fingerprint density at radius 2 is 2.00 bits per heavy atom. The van der Waals surface area contributed by atoms with E-state index in [0.29, 0.717) is 31.4 Å². The van der Waals surface area contributed by atoms with Crippen molar-refractivity contribution in [2.75, 3.05) is 13.1 Å². The first kappa shape index (κ1) is 13.6. The van der Waals surface area contributed by atoms with Crippen LogP contribution in [0.2, 0.25) is 0 Å². The smallest absolute Gasteiger partial charge is 0.276 e. The summed E-state index contributed by atoms with van der Waals surface area (Å²) in [6.07, 6.45) is 2.40. The number of rotatable bonds is 7. The zero-order valence-corrected chi connectivity index (χ0v) is 11.7. The molecular formula is C12H20N2O3S. The molecule has 0 atom stereocenters. The molecule has 0 radical (unpaired) electrons. The molecule has 6 heteroatoms. The van der Waals surface area contributed by atoms with Crippen LogP contribution in [0.5, 0.6) is 0 Å². The molecule has 1 heterocycles. The molecule has 1 aliphatic rings. The molecule has 5 nitrogen and oxygen atoms in total. The average molecular weight is 272 g/mol. The van der Waals surface area contributed by atoms with Crippen LogP contribution in [0.3, 0.4) is 0 Å². The maximum atomic E-state index is 12.2. The lowest BCUT2D eigenvalue weighted by Crippen LogP contribution is -2.30. The van der Waals surface area contributed by atoms with Crippen LogP contribution in [0.1, 0.15) is 32.4 Å². The standard InChI is InChI=1S/C12H20N2O3S/c1-3-14(4-2)18(15,16)12-8-7-11(17-12)9-13-10-5-6-10/h7-8,10,13H,3-6,9H2,1-2H3. The number of hydrogen-bond donors (Lipinski definition) is 1. The van der Waals surface area contributed by atoms with Crippen LogP contribution in [0, 0.1) is 0 Å². The summed E-state index contributed by atoms with van der Waals surface area (Å²) in [6.45, 7) is 5.14. The highest BCUT2D eigenvalue weighted by Crippen LogP contribution is 2.21. The lowest BCUT2D eigenvalue weighted by Gasteiger charge is -2.16. The minimum atomic E-state index is -3.46. The predicted molar refractivity (Wildman–Crippen MR) is 68.7 cm³/mol. The van der Waals surface area contributed by atoms with Crippen molar-refractivity contribution < 1.29 is 12.8 Å². The maximum Gasteiger partial charge on any atom is 0.276 e. The van der Waals surface area contributed by atoms with E-state index in [1.807, 2.05) is 13.8 Å². The van der Waals surface area contributed by atoms with Crippen molar-refractivity contribution in [2.24, 2.45) is 0 Å². The van der Waals surface area contributed by atoms with Gasteiger partial charge in [-0.25, -0.2) is 8.42 Å². The number of sulfonamides is 1. The van der Waals surface area contributed by atoms with Gasteiger partial charge in [0.1, 0.15) is 5.76 Å². The number of nitrogens with one attached hydrogen (secondary N) is 1. The minimum absolute atomic E-state index is 0.0406. The van der Waals surface area contributed by atoms with Gasteiger partial charge >= 0.3 is 0 Å². The van der Waals surface area contributed by atoms with Crippen molar-refractivity contribution in [1.82, 2.24) is 9.62 Å². The molecule has 0 bridgehead atoms. The fourth-order valence-electron chi connectivity index (χ4n) is 1.82. The molecule has 0 spiro atoms. The fourth-order valence-corrected chi connectivity index (χ4v) is 3.20. The first-order chi connectivity index (χ1) is 8.57. The van der Waals surface area contributed by atoms with Crippen molar-refractivity contribution in [3.05, 3.63) is 17.9 Å². The van der Waals surface area contributed by atoms with Crippen LogP contribution >= 0.6 is 0 Å². The molecular weight excluding hydrogens is 252 g/mol. The molecule has 1 fully saturated rings. The normalized spacial score (nSPS) is 16.4. The van der Waals surface area contributed by atoms with Gasteiger partial charge in [0.25, 0.3) is 10.0 Å². The van der Waals surface area contributed by atoms with Crippen LogP contribution in [-0.4, -0.2) is 31.9 Å². The molecule has 1 N–H and O–H groups in total. The van der Waals surface area contributed by atoms with Crippen molar-refractivity contribution >= 4 is 10.0 Å². The second-order valence-electron chi connectivity index (χ2n) is 4.47. The Kier molecular flexibility index (Phi) is 4.09. The Morgan fingerprint density at radius 3 is 2.56 bits per heavy atom. The Morgan fingerprint density at radius 1 is 1.33 bits per heavy atom. The van der Waals surface area contributed by atoms with Gasteiger partial charge in [-0.15, -0.1) is 0 Å². The van der Waals surface area contributed by atoms with E-state index in [9.17, 15) is 8.42 Å². The van der Waals surface area contributed by atoms with Gasteiger partial charge < -0.3 is 9.73 Å². The predicted octanol–water partition coefficient (Wildman–Crippen LogP) is 1.56. The Balaban J connectivity index is 2.07. The number of furan rings is 1. The monoisotopic (exact) mass is 272 g/mol. The highest BCUT2D eigenvalue weighted by Gasteiger charge is 2.26. The van der Waals surface area contributed by atoms with Crippen molar-refractivity contribution in [2.45, 2.75) is 44.4 Å². The summed E-state index contributed by atoms with van der Waals surface area (Å²) < 4.78 is 31.2. The molecule has 0 saturated heterocycles. The Bertz CT molecular complexity index is 487. The van der Waals surface area contributed by atoms with E-state index >= 15 is 0 Å². The van der Waals surface area contributed by atoms with Gasteiger partial charge in [0.2, 0.25) is 5.09 Å². The first-order valence-corrected chi connectivity index (χ1v) is 7.84. The van der Waals surface area contributed by atoms with Gasteiger partial charge in [-0.05, 0) is 25.0 Å². The fraction of sp³-hybridized carbons (Fsp3) is 0.667. The third kappa shape index (κ3) is 2.93. The van der Waals surface area contributed by atoms with E-state index in [1.54, 1.807) is 6.07 Å². The van der Waals surface area contributed by atoms with E-state index in [0.717, 1.165) is 0 Å². The van der Waals surface area contributed by atoms with E-state index < -0.39 is 10.0 Å². The Hall–Kier alpha value is -0.850. The van der Waals surface area contributed by atoms with Crippen LogP contribution in [0.4, 0.5) is 0 Å². The largest absolute Gasteiger partial charge is 0.447 e. The molecule has 1 aromatic heterocycles. The molecule has 0 aliphatic heterocycles. The zero-order valence-electron chi connectivity index (χ0n) is 10.8. The molecule has 0 unspecified atom stereocenters. The van der Waals surface area contributed by atoms with Crippen LogP contribution in [0.25, 0.3) is 0 Å². The summed E-state index contributed by atoms with van der Waals surface area (Å²) in [6, 6.07) is 3.85. The second kappa shape index (κ2) is 5.42. The van der Waals surface area contributed by atoms with E-state index in [4.69, 9.17) is 4.42 Å². The molecule has 1 aliphatic carbocycles. The summed E-state index contributed by atoms with van der Waals surface area (Å²) in [7, 11) is -3.46. The van der Waals surface area contributed by atoms with Gasteiger partial charge in [-0.2, -0.15) is 4.31 Å². The van der Waals surface area contributed by atoms with Gasteiger partial charge in [-0.3, -0.25) is 0 Å². The van der Waals surface area contributed by atoms with E-state index in [1.165, 1.54) is 23.2 Å². The van der Waals surface area contributed by atoms with Gasteiger partial charge in [0.15, 0.2) is 0 Å². The zero-order chi connectivity index (χ0) is 13.2. The molecule has 0 amide bonds. The van der Waals surface area contributed by atoms with Gasteiger partial charge in [0, 0.05) is 19.1 Å².